The van der Waals surface area contributed by atoms with Gasteiger partial charge in [0.05, 0.1) is 28.0 Å². The second-order valence-electron chi connectivity index (χ2n) is 8.24. The summed E-state index contributed by atoms with van der Waals surface area (Å²) in [6.45, 7) is 1.56. The van der Waals surface area contributed by atoms with Crippen molar-refractivity contribution in [2.75, 3.05) is 23.8 Å². The molecule has 0 radical (unpaired) electrons. The molecule has 3 aromatic rings. The van der Waals surface area contributed by atoms with E-state index in [1.54, 1.807) is 6.92 Å². The quantitative estimate of drug-likeness (QED) is 0.338. The lowest BCUT2D eigenvalue weighted by molar-refractivity contribution is -0.0545. The monoisotopic (exact) mass is 465 g/mol. The Morgan fingerprint density at radius 3 is 2.66 bits per heavy atom. The van der Waals surface area contributed by atoms with E-state index in [9.17, 15) is 24.1 Å². The average molecular weight is 466 g/mol. The molecule has 0 amide bonds. The lowest BCUT2D eigenvalue weighted by atomic mass is 10.0. The largest absolute Gasteiger partial charge is 0.396 e. The van der Waals surface area contributed by atoms with E-state index in [0.29, 0.717) is 22.7 Å². The van der Waals surface area contributed by atoms with Crippen molar-refractivity contribution in [3.8, 4) is 10.6 Å². The third-order valence-electron chi connectivity index (χ3n) is 5.56. The van der Waals surface area contributed by atoms with Gasteiger partial charge in [-0.25, -0.2) is 18.7 Å². The number of aryl methyl sites for hydroxylation is 1. The van der Waals surface area contributed by atoms with E-state index in [-0.39, 0.29) is 24.8 Å². The van der Waals surface area contributed by atoms with E-state index >= 15 is 0 Å². The topological polar surface area (TPSA) is 123 Å². The number of aliphatic hydroxyl groups is 3. The summed E-state index contributed by atoms with van der Waals surface area (Å²) in [7, 11) is 0. The Kier molecular flexibility index (Phi) is 6.01. The van der Waals surface area contributed by atoms with Gasteiger partial charge in [0.1, 0.15) is 16.9 Å². The highest BCUT2D eigenvalue weighted by Gasteiger charge is 2.47. The lowest BCUT2D eigenvalue weighted by Gasteiger charge is -2.31. The van der Waals surface area contributed by atoms with Gasteiger partial charge >= 0.3 is 0 Å². The zero-order chi connectivity index (χ0) is 23.1. The molecule has 8 nitrogen and oxygen atoms in total. The Labute approximate surface area is 187 Å². The number of alkyl halides is 2. The standard InChI is InChI=1S/C21H25F2N5O3S/c1-11-15(18-26-13-5-3-4-6-14(13)32-18)17(27-19(25-11)24-10-20(2,22)23)28-21(31)8-7-12(9-29)16(21)30/h3-6,12,16,29-31H,7-10H2,1-2H3,(H2,24,25,27,28). The summed E-state index contributed by atoms with van der Waals surface area (Å²) in [6, 6.07) is 7.58. The fourth-order valence-corrected chi connectivity index (χ4v) is 4.91. The summed E-state index contributed by atoms with van der Waals surface area (Å²) in [4.78, 5) is 13.3. The minimum absolute atomic E-state index is 0.0359. The van der Waals surface area contributed by atoms with Crippen LogP contribution in [0.1, 0.15) is 25.5 Å². The molecule has 5 N–H and O–H groups in total. The SMILES string of the molecule is Cc1nc(NCC(C)(F)F)nc(NC2(O)CCC(CO)C2O)c1-c1nc2ccccc2s1. The minimum atomic E-state index is -2.97. The van der Waals surface area contributed by atoms with Crippen molar-refractivity contribution in [2.45, 2.75) is 44.4 Å². The van der Waals surface area contributed by atoms with Gasteiger partial charge in [0.15, 0.2) is 5.72 Å². The number of nitrogens with one attached hydrogen (secondary N) is 2. The first-order valence-corrected chi connectivity index (χ1v) is 11.1. The van der Waals surface area contributed by atoms with Crippen LogP contribution in [0.5, 0.6) is 0 Å². The van der Waals surface area contributed by atoms with Crippen LogP contribution in [0.3, 0.4) is 0 Å². The maximum atomic E-state index is 13.4. The Morgan fingerprint density at radius 2 is 2.00 bits per heavy atom. The number of fused-ring (bicyclic) bond motifs is 1. The zero-order valence-electron chi connectivity index (χ0n) is 17.6. The molecular formula is C21H25F2N5O3S. The summed E-state index contributed by atoms with van der Waals surface area (Å²) < 4.78 is 27.7. The minimum Gasteiger partial charge on any atom is -0.396 e. The van der Waals surface area contributed by atoms with Gasteiger partial charge in [-0.1, -0.05) is 12.1 Å². The van der Waals surface area contributed by atoms with Crippen LogP contribution in [0.2, 0.25) is 0 Å². The van der Waals surface area contributed by atoms with Gasteiger partial charge in [0, 0.05) is 19.4 Å². The lowest BCUT2D eigenvalue weighted by Crippen LogP contribution is -2.48. The van der Waals surface area contributed by atoms with Crippen molar-refractivity contribution in [1.29, 1.82) is 0 Å². The van der Waals surface area contributed by atoms with Crippen molar-refractivity contribution >= 4 is 33.3 Å². The van der Waals surface area contributed by atoms with Crippen LogP contribution in [0.15, 0.2) is 24.3 Å². The number of para-hydroxylation sites is 1. The van der Waals surface area contributed by atoms with Crippen LogP contribution in [0, 0.1) is 12.8 Å². The molecule has 3 unspecified atom stereocenters. The van der Waals surface area contributed by atoms with Crippen LogP contribution >= 0.6 is 11.3 Å². The second kappa shape index (κ2) is 8.47. The Morgan fingerprint density at radius 1 is 1.25 bits per heavy atom. The first-order valence-electron chi connectivity index (χ1n) is 10.3. The Balaban J connectivity index is 1.77. The molecule has 3 atom stereocenters. The van der Waals surface area contributed by atoms with Crippen molar-refractivity contribution in [1.82, 2.24) is 15.0 Å². The van der Waals surface area contributed by atoms with Gasteiger partial charge in [-0.2, -0.15) is 4.98 Å². The van der Waals surface area contributed by atoms with Gasteiger partial charge in [0.25, 0.3) is 5.92 Å². The molecule has 0 saturated heterocycles. The molecule has 2 heterocycles. The molecule has 1 saturated carbocycles. The van der Waals surface area contributed by atoms with E-state index < -0.39 is 30.2 Å². The maximum absolute atomic E-state index is 13.4. The molecule has 1 fully saturated rings. The number of anilines is 2. The molecule has 172 valence electrons. The molecule has 11 heteroatoms. The molecular weight excluding hydrogens is 440 g/mol. The van der Waals surface area contributed by atoms with E-state index in [2.05, 4.69) is 25.6 Å². The highest BCUT2D eigenvalue weighted by molar-refractivity contribution is 7.21. The Hall–Kier alpha value is -2.47. The molecule has 1 aliphatic carbocycles. The average Bonchev–Trinajstić information content (AvgIpc) is 3.26. The fraction of sp³-hybridized carbons (Fsp3) is 0.476. The number of thiazole rings is 1. The van der Waals surface area contributed by atoms with Gasteiger partial charge in [0.2, 0.25) is 5.95 Å². The number of aliphatic hydroxyl groups excluding tert-OH is 2. The van der Waals surface area contributed by atoms with E-state index in [0.717, 1.165) is 17.1 Å². The molecule has 1 aliphatic rings. The normalized spacial score (nSPS) is 23.6. The van der Waals surface area contributed by atoms with Gasteiger partial charge in [-0.15, -0.1) is 11.3 Å². The van der Waals surface area contributed by atoms with Crippen LogP contribution in [-0.2, 0) is 0 Å². The van der Waals surface area contributed by atoms with Crippen molar-refractivity contribution in [3.05, 3.63) is 30.0 Å². The summed E-state index contributed by atoms with van der Waals surface area (Å²) >= 11 is 1.41. The number of benzene rings is 1. The number of halogens is 2. The molecule has 32 heavy (non-hydrogen) atoms. The zero-order valence-corrected chi connectivity index (χ0v) is 18.5. The predicted molar refractivity (Wildman–Crippen MR) is 119 cm³/mol. The molecule has 1 aromatic carbocycles. The summed E-state index contributed by atoms with van der Waals surface area (Å²) in [5, 5.41) is 37.1. The van der Waals surface area contributed by atoms with Crippen molar-refractivity contribution in [3.63, 3.8) is 0 Å². The number of nitrogens with zero attached hydrogens (tertiary/aromatic N) is 3. The van der Waals surface area contributed by atoms with E-state index in [1.807, 2.05) is 24.3 Å². The van der Waals surface area contributed by atoms with Crippen molar-refractivity contribution < 1.29 is 24.1 Å². The third kappa shape index (κ3) is 4.51. The highest BCUT2D eigenvalue weighted by Crippen LogP contribution is 2.40. The predicted octanol–water partition coefficient (Wildman–Crippen LogP) is 2.99. The number of rotatable bonds is 7. The van der Waals surface area contributed by atoms with Crippen LogP contribution in [0.4, 0.5) is 20.5 Å². The van der Waals surface area contributed by atoms with E-state index in [1.165, 1.54) is 11.3 Å². The second-order valence-corrected chi connectivity index (χ2v) is 9.27. The smallest absolute Gasteiger partial charge is 0.262 e. The highest BCUT2D eigenvalue weighted by atomic mass is 32.1. The first-order chi connectivity index (χ1) is 15.1. The summed E-state index contributed by atoms with van der Waals surface area (Å²) in [5.41, 5.74) is 0.0166. The number of hydrogen-bond acceptors (Lipinski definition) is 9. The first kappa shape index (κ1) is 22.7. The Bertz CT molecular complexity index is 1090. The van der Waals surface area contributed by atoms with Crippen LogP contribution < -0.4 is 10.6 Å². The van der Waals surface area contributed by atoms with Crippen LogP contribution in [0.25, 0.3) is 20.8 Å². The molecule has 2 aromatic heterocycles. The van der Waals surface area contributed by atoms with Gasteiger partial charge < -0.3 is 26.0 Å². The van der Waals surface area contributed by atoms with Crippen LogP contribution in [-0.4, -0.2) is 61.2 Å². The molecule has 0 bridgehead atoms. The van der Waals surface area contributed by atoms with Crippen molar-refractivity contribution in [2.24, 2.45) is 5.92 Å². The summed E-state index contributed by atoms with van der Waals surface area (Å²) in [6.07, 6.45) is -0.644. The fourth-order valence-electron chi connectivity index (χ4n) is 3.85. The van der Waals surface area contributed by atoms with E-state index in [4.69, 9.17) is 0 Å². The number of hydrogen-bond donors (Lipinski definition) is 5. The summed E-state index contributed by atoms with van der Waals surface area (Å²) in [5.74, 6) is -3.33. The third-order valence-corrected chi connectivity index (χ3v) is 6.61. The van der Waals surface area contributed by atoms with Gasteiger partial charge in [-0.05, 0) is 31.9 Å². The molecule has 0 aliphatic heterocycles. The molecule has 4 rings (SSSR count). The number of aromatic nitrogens is 3. The van der Waals surface area contributed by atoms with Gasteiger partial charge in [-0.3, -0.25) is 0 Å². The maximum Gasteiger partial charge on any atom is 0.262 e. The molecule has 0 spiro atoms.